The molecule has 6 heteroatoms. The van der Waals surface area contributed by atoms with Gasteiger partial charge in [0.25, 0.3) is 5.91 Å². The summed E-state index contributed by atoms with van der Waals surface area (Å²) in [6.07, 6.45) is 1.30. The second-order valence-electron chi connectivity index (χ2n) is 3.91. The van der Waals surface area contributed by atoms with Crippen LogP contribution in [-0.4, -0.2) is 17.2 Å². The van der Waals surface area contributed by atoms with E-state index in [1.165, 1.54) is 30.5 Å². The molecule has 2 N–H and O–H groups in total. The Morgan fingerprint density at radius 3 is 2.80 bits per heavy atom. The molecule has 0 radical (unpaired) electrons. The number of aromatic hydroxyl groups is 1. The monoisotopic (exact) mass is 336 g/mol. The molecule has 2 aromatic rings. The molecule has 4 nitrogen and oxygen atoms in total. The third-order valence-corrected chi connectivity index (χ3v) is 2.94. The zero-order chi connectivity index (χ0) is 14.5. The summed E-state index contributed by atoms with van der Waals surface area (Å²) in [6.45, 7) is 0. The molecule has 1 amide bonds. The van der Waals surface area contributed by atoms with Crippen molar-refractivity contribution in [3.63, 3.8) is 0 Å². The van der Waals surface area contributed by atoms with E-state index in [0.717, 1.165) is 10.5 Å². The summed E-state index contributed by atoms with van der Waals surface area (Å²) in [4.78, 5) is 11.7. The number of hydrogen-bond acceptors (Lipinski definition) is 3. The van der Waals surface area contributed by atoms with E-state index in [0.29, 0.717) is 5.56 Å². The van der Waals surface area contributed by atoms with Crippen LogP contribution in [0.5, 0.6) is 5.75 Å². The Labute approximate surface area is 123 Å². The third-order valence-electron chi connectivity index (χ3n) is 2.45. The predicted octanol–water partition coefficient (Wildman–Crippen LogP) is 3.06. The number of nitrogens with one attached hydrogen (secondary N) is 1. The highest BCUT2D eigenvalue weighted by atomic mass is 79.9. The number of phenolic OH excluding ortho intramolecular Hbond substituents is 1. The van der Waals surface area contributed by atoms with Gasteiger partial charge in [-0.2, -0.15) is 5.10 Å². The summed E-state index contributed by atoms with van der Waals surface area (Å²) in [6, 6.07) is 10.2. The lowest BCUT2D eigenvalue weighted by atomic mass is 10.2. The van der Waals surface area contributed by atoms with Gasteiger partial charge < -0.3 is 5.11 Å². The van der Waals surface area contributed by atoms with Crippen LogP contribution < -0.4 is 5.43 Å². The molecule has 0 aliphatic heterocycles. The molecule has 0 heterocycles. The molecule has 0 spiro atoms. The van der Waals surface area contributed by atoms with Crippen molar-refractivity contribution in [2.45, 2.75) is 0 Å². The Balaban J connectivity index is 2.04. The van der Waals surface area contributed by atoms with Gasteiger partial charge in [-0.15, -0.1) is 0 Å². The average molecular weight is 337 g/mol. The summed E-state index contributed by atoms with van der Waals surface area (Å²) in [5, 5.41) is 13.3. The number of halogens is 2. The van der Waals surface area contributed by atoms with Crippen molar-refractivity contribution < 1.29 is 14.3 Å². The van der Waals surface area contributed by atoms with Gasteiger partial charge in [-0.1, -0.05) is 22.0 Å². The lowest BCUT2D eigenvalue weighted by Crippen LogP contribution is -2.17. The SMILES string of the molecule is O=C(N/N=C/c1ccc(Br)cc1O)c1cccc(F)c1. The molecule has 2 aromatic carbocycles. The molecular formula is C14H10BrFN2O2. The second kappa shape index (κ2) is 6.29. The number of phenols is 1. The molecule has 0 unspecified atom stereocenters. The molecule has 0 saturated carbocycles. The van der Waals surface area contributed by atoms with Gasteiger partial charge in [-0.25, -0.2) is 9.82 Å². The number of carbonyl (C=O) groups excluding carboxylic acids is 1. The molecule has 0 aliphatic rings. The van der Waals surface area contributed by atoms with E-state index >= 15 is 0 Å². The summed E-state index contributed by atoms with van der Waals surface area (Å²) < 4.78 is 13.7. The quantitative estimate of drug-likeness (QED) is 0.668. The Morgan fingerprint density at radius 1 is 1.30 bits per heavy atom. The first-order chi connectivity index (χ1) is 9.56. The van der Waals surface area contributed by atoms with E-state index in [1.807, 2.05) is 0 Å². The zero-order valence-electron chi connectivity index (χ0n) is 10.2. The highest BCUT2D eigenvalue weighted by Crippen LogP contribution is 2.20. The maximum atomic E-state index is 12.9. The largest absolute Gasteiger partial charge is 0.507 e. The minimum absolute atomic E-state index is 0.0307. The first-order valence-electron chi connectivity index (χ1n) is 5.64. The lowest BCUT2D eigenvalue weighted by Gasteiger charge is -2.01. The van der Waals surface area contributed by atoms with E-state index in [4.69, 9.17) is 0 Å². The van der Waals surface area contributed by atoms with Crippen molar-refractivity contribution in [2.75, 3.05) is 0 Å². The van der Waals surface area contributed by atoms with Crippen molar-refractivity contribution in [3.05, 3.63) is 63.9 Å². The van der Waals surface area contributed by atoms with Crippen LogP contribution in [0.15, 0.2) is 52.0 Å². The highest BCUT2D eigenvalue weighted by molar-refractivity contribution is 9.10. The summed E-state index contributed by atoms with van der Waals surface area (Å²) >= 11 is 3.22. The number of amides is 1. The molecule has 0 saturated heterocycles. The highest BCUT2D eigenvalue weighted by Gasteiger charge is 2.05. The minimum Gasteiger partial charge on any atom is -0.507 e. The van der Waals surface area contributed by atoms with Gasteiger partial charge in [0, 0.05) is 15.6 Å². The van der Waals surface area contributed by atoms with E-state index in [9.17, 15) is 14.3 Å². The van der Waals surface area contributed by atoms with E-state index < -0.39 is 11.7 Å². The molecule has 0 bridgehead atoms. The fourth-order valence-electron chi connectivity index (χ4n) is 1.48. The zero-order valence-corrected chi connectivity index (χ0v) is 11.8. The van der Waals surface area contributed by atoms with Gasteiger partial charge in [0.15, 0.2) is 0 Å². The maximum Gasteiger partial charge on any atom is 0.271 e. The molecular weight excluding hydrogens is 327 g/mol. The third kappa shape index (κ3) is 3.64. The Morgan fingerprint density at radius 2 is 2.10 bits per heavy atom. The van der Waals surface area contributed by atoms with Gasteiger partial charge in [-0.05, 0) is 36.4 Å². The summed E-state index contributed by atoms with van der Waals surface area (Å²) in [5.74, 6) is -0.993. The summed E-state index contributed by atoms with van der Waals surface area (Å²) in [7, 11) is 0. The molecule has 0 aliphatic carbocycles. The van der Waals surface area contributed by atoms with E-state index in [1.54, 1.807) is 12.1 Å². The topological polar surface area (TPSA) is 61.7 Å². The number of hydrogen-bond donors (Lipinski definition) is 2. The van der Waals surface area contributed by atoms with Crippen LogP contribution in [0.4, 0.5) is 4.39 Å². The smallest absolute Gasteiger partial charge is 0.271 e. The van der Waals surface area contributed by atoms with Crippen LogP contribution in [0.3, 0.4) is 0 Å². The number of rotatable bonds is 3. The van der Waals surface area contributed by atoms with Crippen LogP contribution in [-0.2, 0) is 0 Å². The van der Waals surface area contributed by atoms with Crippen LogP contribution in [0.25, 0.3) is 0 Å². The van der Waals surface area contributed by atoms with Crippen LogP contribution in [0, 0.1) is 5.82 Å². The molecule has 2 rings (SSSR count). The molecule has 0 aromatic heterocycles. The first-order valence-corrected chi connectivity index (χ1v) is 6.43. The molecule has 0 fully saturated rings. The first kappa shape index (κ1) is 14.2. The fourth-order valence-corrected chi connectivity index (χ4v) is 1.83. The Kier molecular flexibility index (Phi) is 4.47. The predicted molar refractivity (Wildman–Crippen MR) is 77.3 cm³/mol. The van der Waals surface area contributed by atoms with Gasteiger partial charge in [-0.3, -0.25) is 4.79 Å². The Hall–Kier alpha value is -2.21. The van der Waals surface area contributed by atoms with Crippen molar-refractivity contribution >= 4 is 28.1 Å². The molecule has 20 heavy (non-hydrogen) atoms. The van der Waals surface area contributed by atoms with Crippen molar-refractivity contribution in [1.82, 2.24) is 5.43 Å². The maximum absolute atomic E-state index is 12.9. The Bertz CT molecular complexity index is 674. The van der Waals surface area contributed by atoms with Crippen LogP contribution >= 0.6 is 15.9 Å². The number of hydrazone groups is 1. The van der Waals surface area contributed by atoms with E-state index in [2.05, 4.69) is 26.5 Å². The van der Waals surface area contributed by atoms with E-state index in [-0.39, 0.29) is 11.3 Å². The standard InChI is InChI=1S/C14H10BrFN2O2/c15-11-5-4-10(13(19)7-11)8-17-18-14(20)9-2-1-3-12(16)6-9/h1-8,19H,(H,18,20)/b17-8+. The molecule has 0 atom stereocenters. The van der Waals surface area contributed by atoms with Crippen LogP contribution in [0.1, 0.15) is 15.9 Å². The number of carbonyl (C=O) groups is 1. The average Bonchev–Trinajstić information content (AvgIpc) is 2.41. The summed E-state index contributed by atoms with van der Waals surface area (Å²) in [5.41, 5.74) is 2.88. The van der Waals surface area contributed by atoms with Crippen molar-refractivity contribution in [2.24, 2.45) is 5.10 Å². The van der Waals surface area contributed by atoms with Crippen molar-refractivity contribution in [1.29, 1.82) is 0 Å². The van der Waals surface area contributed by atoms with Gasteiger partial charge in [0.05, 0.1) is 6.21 Å². The van der Waals surface area contributed by atoms with Gasteiger partial charge in [0.1, 0.15) is 11.6 Å². The van der Waals surface area contributed by atoms with Crippen molar-refractivity contribution in [3.8, 4) is 5.75 Å². The normalized spacial score (nSPS) is 10.7. The second-order valence-corrected chi connectivity index (χ2v) is 4.83. The van der Waals surface area contributed by atoms with Gasteiger partial charge >= 0.3 is 0 Å². The molecule has 102 valence electrons. The van der Waals surface area contributed by atoms with Gasteiger partial charge in [0.2, 0.25) is 0 Å². The minimum atomic E-state index is -0.530. The van der Waals surface area contributed by atoms with Crippen LogP contribution in [0.2, 0.25) is 0 Å². The number of nitrogens with zero attached hydrogens (tertiary/aromatic N) is 1. The lowest BCUT2D eigenvalue weighted by molar-refractivity contribution is 0.0954. The fraction of sp³-hybridized carbons (Fsp3) is 0. The number of benzene rings is 2.